The van der Waals surface area contributed by atoms with E-state index in [1.165, 1.54) is 12.1 Å². The first-order valence-electron chi connectivity index (χ1n) is 5.03. The van der Waals surface area contributed by atoms with Crippen molar-refractivity contribution in [2.24, 2.45) is 0 Å². The van der Waals surface area contributed by atoms with E-state index in [4.69, 9.17) is 0 Å². The Morgan fingerprint density at radius 1 is 1.24 bits per heavy atom. The van der Waals surface area contributed by atoms with Gasteiger partial charge in [-0.15, -0.1) is 0 Å². The minimum absolute atomic E-state index is 0.319. The van der Waals surface area contributed by atoms with Gasteiger partial charge in [-0.25, -0.2) is 4.39 Å². The number of hydrogen-bond donors (Lipinski definition) is 0. The quantitative estimate of drug-likeness (QED) is 0.813. The summed E-state index contributed by atoms with van der Waals surface area (Å²) in [5.41, 5.74) is 1.37. The second kappa shape index (κ2) is 5.19. The number of aldehydes is 1. The van der Waals surface area contributed by atoms with Crippen molar-refractivity contribution in [3.05, 3.63) is 64.1 Å². The molecule has 0 aliphatic heterocycles. The van der Waals surface area contributed by atoms with Crippen LogP contribution in [0.2, 0.25) is 0 Å². The molecule has 0 bridgehead atoms. The molecule has 0 spiro atoms. The average Bonchev–Trinajstić information content (AvgIpc) is 2.33. The lowest BCUT2D eigenvalue weighted by Gasteiger charge is -2.10. The zero-order valence-electron chi connectivity index (χ0n) is 8.81. The average molecular weight is 294 g/mol. The van der Waals surface area contributed by atoms with E-state index in [0.29, 0.717) is 5.69 Å². The number of carbonyl (C=O) groups is 1. The highest BCUT2D eigenvalue weighted by atomic mass is 79.9. The molecule has 1 heterocycles. The van der Waals surface area contributed by atoms with Gasteiger partial charge in [-0.1, -0.05) is 28.1 Å². The largest absolute Gasteiger partial charge is 0.302 e. The van der Waals surface area contributed by atoms with Crippen LogP contribution in [0.3, 0.4) is 0 Å². The minimum atomic E-state index is -0.465. The summed E-state index contributed by atoms with van der Waals surface area (Å²) in [5.74, 6) is -0.784. The molecule has 4 heteroatoms. The molecule has 0 saturated heterocycles. The second-order valence-electron chi connectivity index (χ2n) is 3.56. The van der Waals surface area contributed by atoms with Crippen molar-refractivity contribution in [3.8, 4) is 0 Å². The van der Waals surface area contributed by atoms with Crippen molar-refractivity contribution >= 4 is 22.2 Å². The molecule has 0 fully saturated rings. The first kappa shape index (κ1) is 11.9. The van der Waals surface area contributed by atoms with Crippen LogP contribution in [0, 0.1) is 5.82 Å². The molecule has 0 aliphatic carbocycles. The molecule has 0 N–H and O–H groups in total. The Bertz CT molecular complexity index is 527. The molecule has 1 atom stereocenters. The van der Waals surface area contributed by atoms with Crippen LogP contribution in [0.1, 0.15) is 17.2 Å². The normalized spacial score (nSPS) is 12.1. The van der Waals surface area contributed by atoms with E-state index in [1.54, 1.807) is 30.5 Å². The van der Waals surface area contributed by atoms with E-state index >= 15 is 0 Å². The Kier molecular flexibility index (Phi) is 3.64. The molecule has 0 saturated carbocycles. The standard InChI is InChI=1S/C13H9BrFNO/c14-10-5-6-16-13(7-10)12(8-17)9-1-3-11(15)4-2-9/h1-8,12H. The molecule has 2 aromatic rings. The first-order chi connectivity index (χ1) is 8.20. The summed E-state index contributed by atoms with van der Waals surface area (Å²) in [5, 5.41) is 0. The lowest BCUT2D eigenvalue weighted by Crippen LogP contribution is -2.04. The highest BCUT2D eigenvalue weighted by Crippen LogP contribution is 2.23. The molecule has 86 valence electrons. The highest BCUT2D eigenvalue weighted by Gasteiger charge is 2.14. The van der Waals surface area contributed by atoms with Crippen LogP contribution in [0.15, 0.2) is 47.1 Å². The Balaban J connectivity index is 2.40. The van der Waals surface area contributed by atoms with E-state index in [2.05, 4.69) is 20.9 Å². The van der Waals surface area contributed by atoms with Crippen molar-refractivity contribution in [1.29, 1.82) is 0 Å². The van der Waals surface area contributed by atoms with Gasteiger partial charge in [0.05, 0.1) is 11.6 Å². The first-order valence-corrected chi connectivity index (χ1v) is 5.82. The third kappa shape index (κ3) is 2.77. The predicted molar refractivity (Wildman–Crippen MR) is 66.2 cm³/mol. The van der Waals surface area contributed by atoms with Crippen LogP contribution in [0.4, 0.5) is 4.39 Å². The van der Waals surface area contributed by atoms with Crippen LogP contribution >= 0.6 is 15.9 Å². The maximum atomic E-state index is 12.8. The van der Waals surface area contributed by atoms with Crippen LogP contribution in [0.5, 0.6) is 0 Å². The number of benzene rings is 1. The maximum Gasteiger partial charge on any atom is 0.133 e. The minimum Gasteiger partial charge on any atom is -0.302 e. The van der Waals surface area contributed by atoms with Gasteiger partial charge in [-0.3, -0.25) is 4.98 Å². The second-order valence-corrected chi connectivity index (χ2v) is 4.48. The van der Waals surface area contributed by atoms with Gasteiger partial charge >= 0.3 is 0 Å². The lowest BCUT2D eigenvalue weighted by molar-refractivity contribution is -0.108. The Morgan fingerprint density at radius 2 is 1.94 bits per heavy atom. The molecular weight excluding hydrogens is 285 g/mol. The maximum absolute atomic E-state index is 12.8. The monoisotopic (exact) mass is 293 g/mol. The summed E-state index contributed by atoms with van der Waals surface area (Å²) in [7, 11) is 0. The number of nitrogens with zero attached hydrogens (tertiary/aromatic N) is 1. The van der Waals surface area contributed by atoms with Crippen molar-refractivity contribution in [2.75, 3.05) is 0 Å². The summed E-state index contributed by atoms with van der Waals surface area (Å²) >= 11 is 3.33. The van der Waals surface area contributed by atoms with Crippen LogP contribution < -0.4 is 0 Å². The Morgan fingerprint density at radius 3 is 2.53 bits per heavy atom. The third-order valence-corrected chi connectivity index (χ3v) is 2.92. The molecule has 1 unspecified atom stereocenters. The fourth-order valence-corrected chi connectivity index (χ4v) is 1.93. The third-order valence-electron chi connectivity index (χ3n) is 2.43. The van der Waals surface area contributed by atoms with Crippen LogP contribution in [-0.4, -0.2) is 11.3 Å². The Hall–Kier alpha value is -1.55. The van der Waals surface area contributed by atoms with Crippen molar-refractivity contribution in [3.63, 3.8) is 0 Å². The number of halogens is 2. The number of rotatable bonds is 3. The number of pyridine rings is 1. The van der Waals surface area contributed by atoms with Gasteiger partial charge in [0.1, 0.15) is 12.1 Å². The van der Waals surface area contributed by atoms with Gasteiger partial charge in [0.2, 0.25) is 0 Å². The number of hydrogen-bond acceptors (Lipinski definition) is 2. The molecule has 0 radical (unpaired) electrons. The smallest absolute Gasteiger partial charge is 0.133 e. The summed E-state index contributed by atoms with van der Waals surface area (Å²) in [6.45, 7) is 0. The van der Waals surface area contributed by atoms with E-state index in [0.717, 1.165) is 16.3 Å². The van der Waals surface area contributed by atoms with Gasteiger partial charge in [0.25, 0.3) is 0 Å². The van der Waals surface area contributed by atoms with Gasteiger partial charge < -0.3 is 4.79 Å². The van der Waals surface area contributed by atoms with Gasteiger partial charge in [0.15, 0.2) is 0 Å². The molecule has 1 aromatic heterocycles. The SMILES string of the molecule is O=CC(c1ccc(F)cc1)c1cc(Br)ccn1. The molecule has 2 nitrogen and oxygen atoms in total. The number of carbonyl (C=O) groups excluding carboxylic acids is 1. The molecule has 1 aromatic carbocycles. The zero-order chi connectivity index (χ0) is 12.3. The summed E-state index contributed by atoms with van der Waals surface area (Å²) in [4.78, 5) is 15.3. The van der Waals surface area contributed by atoms with Gasteiger partial charge in [-0.05, 0) is 29.8 Å². The van der Waals surface area contributed by atoms with Crippen molar-refractivity contribution < 1.29 is 9.18 Å². The van der Waals surface area contributed by atoms with Crippen molar-refractivity contribution in [2.45, 2.75) is 5.92 Å². The Labute approximate surface area is 107 Å². The van der Waals surface area contributed by atoms with Crippen LogP contribution in [-0.2, 0) is 4.79 Å². The van der Waals surface area contributed by atoms with Gasteiger partial charge in [-0.2, -0.15) is 0 Å². The molecular formula is C13H9BrFNO. The fraction of sp³-hybridized carbons (Fsp3) is 0.0769. The van der Waals surface area contributed by atoms with Gasteiger partial charge in [0, 0.05) is 10.7 Å². The summed E-state index contributed by atoms with van der Waals surface area (Å²) in [6.07, 6.45) is 2.43. The summed E-state index contributed by atoms with van der Waals surface area (Å²) in [6, 6.07) is 9.43. The van der Waals surface area contributed by atoms with E-state index in [-0.39, 0.29) is 5.82 Å². The fourth-order valence-electron chi connectivity index (χ4n) is 1.58. The van der Waals surface area contributed by atoms with E-state index < -0.39 is 5.92 Å². The molecule has 17 heavy (non-hydrogen) atoms. The number of aromatic nitrogens is 1. The molecule has 0 aliphatic rings. The van der Waals surface area contributed by atoms with Crippen molar-refractivity contribution in [1.82, 2.24) is 4.98 Å². The molecule has 2 rings (SSSR count). The highest BCUT2D eigenvalue weighted by molar-refractivity contribution is 9.10. The van der Waals surface area contributed by atoms with Crippen LogP contribution in [0.25, 0.3) is 0 Å². The topological polar surface area (TPSA) is 30.0 Å². The van der Waals surface area contributed by atoms with E-state index in [9.17, 15) is 9.18 Å². The predicted octanol–water partition coefficient (Wildman–Crippen LogP) is 3.31. The molecule has 0 amide bonds. The zero-order valence-corrected chi connectivity index (χ0v) is 10.4. The lowest BCUT2D eigenvalue weighted by atomic mass is 9.97. The van der Waals surface area contributed by atoms with E-state index in [1.807, 2.05) is 0 Å². The summed E-state index contributed by atoms with van der Waals surface area (Å²) < 4.78 is 13.7.